The van der Waals surface area contributed by atoms with Gasteiger partial charge in [-0.25, -0.2) is 4.79 Å². The van der Waals surface area contributed by atoms with Gasteiger partial charge in [0.05, 0.1) is 0 Å². The van der Waals surface area contributed by atoms with E-state index in [1.807, 2.05) is 26.8 Å². The Morgan fingerprint density at radius 2 is 1.79 bits per heavy atom. The highest BCUT2D eigenvalue weighted by Gasteiger charge is 2.15. The predicted molar refractivity (Wildman–Crippen MR) is 98.9 cm³/mol. The van der Waals surface area contributed by atoms with Crippen LogP contribution in [-0.2, 0) is 11.3 Å². The van der Waals surface area contributed by atoms with Gasteiger partial charge in [0, 0.05) is 13.1 Å². The van der Waals surface area contributed by atoms with E-state index in [0.29, 0.717) is 13.1 Å². The average Bonchev–Trinajstić information content (AvgIpc) is 2.51. The fourth-order valence-corrected chi connectivity index (χ4v) is 2.39. The molecule has 0 bridgehead atoms. The normalized spacial score (nSPS) is 11.5. The van der Waals surface area contributed by atoms with Crippen molar-refractivity contribution in [3.05, 3.63) is 35.9 Å². The van der Waals surface area contributed by atoms with Crippen LogP contribution in [0, 0.1) is 0 Å². The van der Waals surface area contributed by atoms with Crippen molar-refractivity contribution in [2.75, 3.05) is 26.2 Å². The zero-order valence-corrected chi connectivity index (χ0v) is 15.4. The lowest BCUT2D eigenvalue weighted by Crippen LogP contribution is -2.33. The summed E-state index contributed by atoms with van der Waals surface area (Å²) >= 11 is 0. The van der Waals surface area contributed by atoms with E-state index >= 15 is 0 Å². The Hall–Kier alpha value is -1.59. The van der Waals surface area contributed by atoms with Crippen LogP contribution in [0.15, 0.2) is 30.3 Å². The molecule has 0 radical (unpaired) electrons. The maximum Gasteiger partial charge on any atom is 0.407 e. The molecule has 1 aromatic rings. The zero-order valence-electron chi connectivity index (χ0n) is 15.4. The summed E-state index contributed by atoms with van der Waals surface area (Å²) < 4.78 is 5.22. The molecule has 5 nitrogen and oxygen atoms in total. The lowest BCUT2D eigenvalue weighted by atomic mass is 10.2. The number of amides is 1. The van der Waals surface area contributed by atoms with E-state index in [2.05, 4.69) is 34.5 Å². The van der Waals surface area contributed by atoms with Gasteiger partial charge in [-0.15, -0.1) is 0 Å². The van der Waals surface area contributed by atoms with E-state index in [0.717, 1.165) is 38.9 Å². The highest BCUT2D eigenvalue weighted by Crippen LogP contribution is 2.08. The summed E-state index contributed by atoms with van der Waals surface area (Å²) in [5, 5.41) is 2.81. The minimum atomic E-state index is -0.446. The van der Waals surface area contributed by atoms with E-state index in [-0.39, 0.29) is 6.09 Å². The number of nitrogens with one attached hydrogen (secondary N) is 1. The number of rotatable bonds is 10. The molecule has 136 valence electrons. The van der Waals surface area contributed by atoms with Crippen molar-refractivity contribution >= 4 is 6.09 Å². The number of nitrogens with zero attached hydrogens (tertiary/aromatic N) is 1. The second kappa shape index (κ2) is 11.0. The van der Waals surface area contributed by atoms with Crippen molar-refractivity contribution in [3.8, 4) is 0 Å². The van der Waals surface area contributed by atoms with Gasteiger partial charge in [0.25, 0.3) is 0 Å². The molecular formula is C19H33N3O2. The van der Waals surface area contributed by atoms with Crippen molar-refractivity contribution in [3.63, 3.8) is 0 Å². The van der Waals surface area contributed by atoms with Crippen LogP contribution in [0.2, 0.25) is 0 Å². The number of alkyl carbamates (subject to hydrolysis) is 1. The fraction of sp³-hybridized carbons (Fsp3) is 0.632. The third-order valence-corrected chi connectivity index (χ3v) is 3.50. The summed E-state index contributed by atoms with van der Waals surface area (Å²) in [5.41, 5.74) is 6.52. The first-order chi connectivity index (χ1) is 11.4. The largest absolute Gasteiger partial charge is 0.444 e. The van der Waals surface area contributed by atoms with E-state index in [4.69, 9.17) is 10.5 Å². The molecule has 1 aromatic carbocycles. The molecule has 24 heavy (non-hydrogen) atoms. The highest BCUT2D eigenvalue weighted by atomic mass is 16.6. The first kappa shape index (κ1) is 20.5. The summed E-state index contributed by atoms with van der Waals surface area (Å²) in [6.45, 7) is 9.91. The van der Waals surface area contributed by atoms with Gasteiger partial charge in [-0.3, -0.25) is 4.90 Å². The van der Waals surface area contributed by atoms with Crippen molar-refractivity contribution in [2.24, 2.45) is 5.73 Å². The summed E-state index contributed by atoms with van der Waals surface area (Å²) in [6.07, 6.45) is 2.63. The zero-order chi connectivity index (χ0) is 17.8. The quantitative estimate of drug-likeness (QED) is 0.645. The van der Waals surface area contributed by atoms with Gasteiger partial charge in [-0.1, -0.05) is 30.3 Å². The molecule has 0 atom stereocenters. The standard InChI is InChI=1S/C19H33N3O2/c1-19(2,3)24-18(23)21-13-7-8-14-22(15-9-12-20)16-17-10-5-4-6-11-17/h4-6,10-11H,7-9,12-16,20H2,1-3H3,(H,21,23). The van der Waals surface area contributed by atoms with Gasteiger partial charge in [-0.2, -0.15) is 0 Å². The molecule has 0 saturated heterocycles. The van der Waals surface area contributed by atoms with E-state index in [1.54, 1.807) is 0 Å². The Bertz CT molecular complexity index is 457. The minimum Gasteiger partial charge on any atom is -0.444 e. The average molecular weight is 335 g/mol. The van der Waals surface area contributed by atoms with Crippen molar-refractivity contribution in [2.45, 2.75) is 52.2 Å². The van der Waals surface area contributed by atoms with Crippen molar-refractivity contribution in [1.82, 2.24) is 10.2 Å². The Morgan fingerprint density at radius 3 is 2.42 bits per heavy atom. The third kappa shape index (κ3) is 10.2. The Labute approximate surface area is 146 Å². The molecule has 5 heteroatoms. The lowest BCUT2D eigenvalue weighted by Gasteiger charge is -2.22. The van der Waals surface area contributed by atoms with Crippen molar-refractivity contribution in [1.29, 1.82) is 0 Å². The molecule has 0 saturated carbocycles. The Morgan fingerprint density at radius 1 is 1.12 bits per heavy atom. The van der Waals surface area contributed by atoms with Crippen LogP contribution in [0.1, 0.15) is 45.6 Å². The maximum atomic E-state index is 11.6. The Kier molecular flexibility index (Phi) is 9.42. The number of unbranched alkanes of at least 4 members (excludes halogenated alkanes) is 1. The monoisotopic (exact) mass is 335 g/mol. The molecule has 0 aliphatic carbocycles. The number of carbonyl (C=O) groups is 1. The van der Waals surface area contributed by atoms with Crippen LogP contribution < -0.4 is 11.1 Å². The van der Waals surface area contributed by atoms with Crippen molar-refractivity contribution < 1.29 is 9.53 Å². The second-order valence-corrected chi connectivity index (χ2v) is 7.04. The maximum absolute atomic E-state index is 11.6. The van der Waals surface area contributed by atoms with Crippen LogP contribution >= 0.6 is 0 Å². The molecule has 1 rings (SSSR count). The summed E-state index contributed by atoms with van der Waals surface area (Å²) in [6, 6.07) is 10.5. The Balaban J connectivity index is 2.26. The fourth-order valence-electron chi connectivity index (χ4n) is 2.39. The number of benzene rings is 1. The predicted octanol–water partition coefficient (Wildman–Crippen LogP) is 3.14. The van der Waals surface area contributed by atoms with E-state index < -0.39 is 5.60 Å². The topological polar surface area (TPSA) is 67.6 Å². The molecule has 0 unspecified atom stereocenters. The number of carbonyl (C=O) groups excluding carboxylic acids is 1. The molecular weight excluding hydrogens is 302 g/mol. The second-order valence-electron chi connectivity index (χ2n) is 7.04. The molecule has 0 heterocycles. The SMILES string of the molecule is CC(C)(C)OC(=O)NCCCCN(CCCN)Cc1ccccc1. The molecule has 0 fully saturated rings. The summed E-state index contributed by atoms with van der Waals surface area (Å²) in [5.74, 6) is 0. The van der Waals surface area contributed by atoms with Crippen LogP contribution in [0.4, 0.5) is 4.79 Å². The van der Waals surface area contributed by atoms with E-state index in [9.17, 15) is 4.79 Å². The van der Waals surface area contributed by atoms with Gasteiger partial charge in [-0.05, 0) is 65.2 Å². The molecule has 1 amide bonds. The van der Waals surface area contributed by atoms with Gasteiger partial charge < -0.3 is 15.8 Å². The number of ether oxygens (including phenoxy) is 1. The number of hydrogen-bond acceptors (Lipinski definition) is 4. The molecule has 0 aliphatic heterocycles. The van der Waals surface area contributed by atoms with Gasteiger partial charge >= 0.3 is 6.09 Å². The van der Waals surface area contributed by atoms with Gasteiger partial charge in [0.15, 0.2) is 0 Å². The van der Waals surface area contributed by atoms with Crippen LogP contribution in [0.25, 0.3) is 0 Å². The molecule has 0 aromatic heterocycles. The number of hydrogen-bond donors (Lipinski definition) is 2. The highest BCUT2D eigenvalue weighted by molar-refractivity contribution is 5.67. The molecule has 0 spiro atoms. The first-order valence-corrected chi connectivity index (χ1v) is 8.84. The van der Waals surface area contributed by atoms with E-state index in [1.165, 1.54) is 5.56 Å². The van der Waals surface area contributed by atoms with Crippen LogP contribution in [0.5, 0.6) is 0 Å². The first-order valence-electron chi connectivity index (χ1n) is 8.84. The third-order valence-electron chi connectivity index (χ3n) is 3.50. The smallest absolute Gasteiger partial charge is 0.407 e. The van der Waals surface area contributed by atoms with Gasteiger partial charge in [0.2, 0.25) is 0 Å². The minimum absolute atomic E-state index is 0.341. The lowest BCUT2D eigenvalue weighted by molar-refractivity contribution is 0.0526. The summed E-state index contributed by atoms with van der Waals surface area (Å²) in [7, 11) is 0. The molecule has 0 aliphatic rings. The van der Waals surface area contributed by atoms with Crippen LogP contribution in [0.3, 0.4) is 0 Å². The number of nitrogens with two attached hydrogens (primary N) is 1. The summed E-state index contributed by atoms with van der Waals surface area (Å²) in [4.78, 5) is 14.0. The van der Waals surface area contributed by atoms with Crippen LogP contribution in [-0.4, -0.2) is 42.8 Å². The van der Waals surface area contributed by atoms with Gasteiger partial charge in [0.1, 0.15) is 5.60 Å². The molecule has 3 N–H and O–H groups in total.